The van der Waals surface area contributed by atoms with E-state index in [1.165, 1.54) is 186 Å². The first kappa shape index (κ1) is 58.9. The Kier molecular flexibility index (Phi) is 48.8. The summed E-state index contributed by atoms with van der Waals surface area (Å²) in [6, 6.07) is 0. The molecule has 0 N–H and O–H groups in total. The Morgan fingerprint density at radius 2 is 0.590 bits per heavy atom. The smallest absolute Gasteiger partial charge is 0.306 e. The fourth-order valence-corrected chi connectivity index (χ4v) is 7.89. The Bertz CT molecular complexity index is 989. The molecule has 1 unspecified atom stereocenters. The zero-order chi connectivity index (χ0) is 44.4. The van der Waals surface area contributed by atoms with Gasteiger partial charge >= 0.3 is 17.9 Å². The van der Waals surface area contributed by atoms with Crippen LogP contribution in [-0.2, 0) is 28.6 Å². The molecule has 61 heavy (non-hydrogen) atoms. The molecule has 0 amide bonds. The second kappa shape index (κ2) is 50.5. The minimum absolute atomic E-state index is 0.0674. The molecule has 0 aromatic heterocycles. The lowest BCUT2D eigenvalue weighted by molar-refractivity contribution is -0.167. The van der Waals surface area contributed by atoms with Crippen molar-refractivity contribution in [1.29, 1.82) is 0 Å². The number of hydrogen-bond acceptors (Lipinski definition) is 6. The Balaban J connectivity index is 4.05. The summed E-state index contributed by atoms with van der Waals surface area (Å²) < 4.78 is 16.7. The molecule has 0 aliphatic heterocycles. The quantitative estimate of drug-likeness (QED) is 0.0262. The van der Waals surface area contributed by atoms with Gasteiger partial charge in [0.15, 0.2) is 6.10 Å². The van der Waals surface area contributed by atoms with Crippen molar-refractivity contribution in [2.24, 2.45) is 0 Å². The van der Waals surface area contributed by atoms with Gasteiger partial charge in [-0.2, -0.15) is 0 Å². The van der Waals surface area contributed by atoms with Gasteiger partial charge in [-0.15, -0.1) is 0 Å². The summed E-state index contributed by atoms with van der Waals surface area (Å²) in [4.78, 5) is 37.7. The standard InChI is InChI=1S/C55H102O6/c1-4-7-10-13-16-18-20-22-23-24-25-26-27-28-29-30-31-32-33-34-36-37-39-42-45-48-54(57)60-51-52(50-59-53(56)47-44-41-15-12-9-6-3)61-55(58)49-46-43-40-38-35-21-19-17-14-11-8-5-2/h20,22,24-25,52H,4-19,21,23,26-51H2,1-3H3/b22-20-,25-24-. The summed E-state index contributed by atoms with van der Waals surface area (Å²) in [7, 11) is 0. The van der Waals surface area contributed by atoms with E-state index in [2.05, 4.69) is 45.1 Å². The van der Waals surface area contributed by atoms with Crippen LogP contribution in [0.2, 0.25) is 0 Å². The molecule has 0 rings (SSSR count). The number of allylic oxidation sites excluding steroid dienone is 4. The van der Waals surface area contributed by atoms with Gasteiger partial charge in [0, 0.05) is 19.3 Å². The summed E-state index contributed by atoms with van der Waals surface area (Å²) in [6.07, 6.45) is 57.7. The fraction of sp³-hybridized carbons (Fsp3) is 0.873. The van der Waals surface area contributed by atoms with Gasteiger partial charge in [0.1, 0.15) is 13.2 Å². The maximum atomic E-state index is 12.7. The Morgan fingerprint density at radius 1 is 0.328 bits per heavy atom. The highest BCUT2D eigenvalue weighted by Crippen LogP contribution is 2.16. The van der Waals surface area contributed by atoms with Gasteiger partial charge in [0.25, 0.3) is 0 Å². The first-order valence-electron chi connectivity index (χ1n) is 26.8. The molecule has 0 bridgehead atoms. The Hall–Kier alpha value is -2.11. The van der Waals surface area contributed by atoms with Crippen LogP contribution in [0.4, 0.5) is 0 Å². The predicted octanol–water partition coefficient (Wildman–Crippen LogP) is 17.5. The molecule has 1 atom stereocenters. The third-order valence-corrected chi connectivity index (χ3v) is 12.0. The van der Waals surface area contributed by atoms with Crippen LogP contribution in [-0.4, -0.2) is 37.2 Å². The SMILES string of the molecule is CCCCCCC/C=C\C/C=C\CCCCCCCCCCCCCCCC(=O)OCC(COC(=O)CCCCCCCC)OC(=O)CCCCCCCCCCCCCC. The molecule has 0 heterocycles. The highest BCUT2D eigenvalue weighted by atomic mass is 16.6. The normalized spacial score (nSPS) is 12.1. The van der Waals surface area contributed by atoms with E-state index >= 15 is 0 Å². The third-order valence-electron chi connectivity index (χ3n) is 12.0. The van der Waals surface area contributed by atoms with E-state index in [0.717, 1.165) is 64.2 Å². The molecule has 0 fully saturated rings. The van der Waals surface area contributed by atoms with Crippen molar-refractivity contribution in [3.8, 4) is 0 Å². The number of carbonyl (C=O) groups is 3. The summed E-state index contributed by atoms with van der Waals surface area (Å²) >= 11 is 0. The Morgan fingerprint density at radius 3 is 0.902 bits per heavy atom. The van der Waals surface area contributed by atoms with Crippen LogP contribution in [0, 0.1) is 0 Å². The van der Waals surface area contributed by atoms with Crippen molar-refractivity contribution in [2.45, 2.75) is 297 Å². The summed E-state index contributed by atoms with van der Waals surface area (Å²) in [5.74, 6) is -0.865. The molecule has 6 nitrogen and oxygen atoms in total. The van der Waals surface area contributed by atoms with Gasteiger partial charge in [-0.25, -0.2) is 0 Å². The van der Waals surface area contributed by atoms with Gasteiger partial charge in [-0.05, 0) is 51.4 Å². The predicted molar refractivity (Wildman–Crippen MR) is 261 cm³/mol. The minimum Gasteiger partial charge on any atom is -0.462 e. The zero-order valence-electron chi connectivity index (χ0n) is 40.9. The van der Waals surface area contributed by atoms with Crippen LogP contribution in [0.25, 0.3) is 0 Å². The molecule has 0 aromatic rings. The molecule has 0 saturated heterocycles. The third kappa shape index (κ3) is 48.8. The molecule has 358 valence electrons. The maximum Gasteiger partial charge on any atom is 0.306 e. The van der Waals surface area contributed by atoms with E-state index in [1.807, 2.05) is 0 Å². The Labute approximate surface area is 379 Å². The van der Waals surface area contributed by atoms with Crippen molar-refractivity contribution in [1.82, 2.24) is 0 Å². The second-order valence-corrected chi connectivity index (χ2v) is 18.2. The topological polar surface area (TPSA) is 78.9 Å². The highest BCUT2D eigenvalue weighted by molar-refractivity contribution is 5.71. The van der Waals surface area contributed by atoms with Crippen LogP contribution in [0.1, 0.15) is 290 Å². The van der Waals surface area contributed by atoms with Crippen molar-refractivity contribution in [2.75, 3.05) is 13.2 Å². The number of hydrogen-bond donors (Lipinski definition) is 0. The highest BCUT2D eigenvalue weighted by Gasteiger charge is 2.19. The molecule has 6 heteroatoms. The average Bonchev–Trinajstić information content (AvgIpc) is 3.26. The average molecular weight is 859 g/mol. The number of rotatable bonds is 49. The molecule has 0 aliphatic carbocycles. The van der Waals surface area contributed by atoms with Crippen LogP contribution < -0.4 is 0 Å². The minimum atomic E-state index is -0.762. The lowest BCUT2D eigenvalue weighted by Crippen LogP contribution is -2.30. The van der Waals surface area contributed by atoms with E-state index in [-0.39, 0.29) is 31.1 Å². The molecule has 0 radical (unpaired) electrons. The molecule has 0 aliphatic rings. The number of carbonyl (C=O) groups excluding carboxylic acids is 3. The zero-order valence-corrected chi connectivity index (χ0v) is 40.9. The van der Waals surface area contributed by atoms with Crippen molar-refractivity contribution in [3.63, 3.8) is 0 Å². The van der Waals surface area contributed by atoms with Crippen LogP contribution in [0.5, 0.6) is 0 Å². The fourth-order valence-electron chi connectivity index (χ4n) is 7.89. The van der Waals surface area contributed by atoms with E-state index in [1.54, 1.807) is 0 Å². The van der Waals surface area contributed by atoms with Crippen molar-refractivity contribution in [3.05, 3.63) is 24.3 Å². The maximum absolute atomic E-state index is 12.7. The van der Waals surface area contributed by atoms with E-state index < -0.39 is 6.10 Å². The lowest BCUT2D eigenvalue weighted by atomic mass is 10.0. The summed E-state index contributed by atoms with van der Waals surface area (Å²) in [6.45, 7) is 6.59. The van der Waals surface area contributed by atoms with E-state index in [9.17, 15) is 14.4 Å². The molecule has 0 spiro atoms. The first-order chi connectivity index (χ1) is 30.0. The molecule has 0 saturated carbocycles. The van der Waals surface area contributed by atoms with Gasteiger partial charge < -0.3 is 14.2 Å². The molecular formula is C55H102O6. The van der Waals surface area contributed by atoms with Crippen LogP contribution in [0.15, 0.2) is 24.3 Å². The summed E-state index contributed by atoms with van der Waals surface area (Å²) in [5, 5.41) is 0. The number of ether oxygens (including phenoxy) is 3. The van der Waals surface area contributed by atoms with Crippen LogP contribution in [0.3, 0.4) is 0 Å². The lowest BCUT2D eigenvalue weighted by Gasteiger charge is -2.18. The molecular weight excluding hydrogens is 757 g/mol. The van der Waals surface area contributed by atoms with Gasteiger partial charge in [0.05, 0.1) is 0 Å². The summed E-state index contributed by atoms with van der Waals surface area (Å²) in [5.41, 5.74) is 0. The molecule has 0 aromatic carbocycles. The number of esters is 3. The van der Waals surface area contributed by atoms with Gasteiger partial charge in [-0.3, -0.25) is 14.4 Å². The van der Waals surface area contributed by atoms with Gasteiger partial charge in [-0.1, -0.05) is 244 Å². The van der Waals surface area contributed by atoms with Crippen molar-refractivity contribution >= 4 is 17.9 Å². The van der Waals surface area contributed by atoms with E-state index in [0.29, 0.717) is 19.3 Å². The van der Waals surface area contributed by atoms with Crippen LogP contribution >= 0.6 is 0 Å². The van der Waals surface area contributed by atoms with Crippen molar-refractivity contribution < 1.29 is 28.6 Å². The van der Waals surface area contributed by atoms with Gasteiger partial charge in [0.2, 0.25) is 0 Å². The second-order valence-electron chi connectivity index (χ2n) is 18.2. The van der Waals surface area contributed by atoms with E-state index in [4.69, 9.17) is 14.2 Å². The largest absolute Gasteiger partial charge is 0.462 e. The number of unbranched alkanes of at least 4 members (excludes halogenated alkanes) is 34. The monoisotopic (exact) mass is 859 g/mol. The first-order valence-corrected chi connectivity index (χ1v) is 26.8.